The van der Waals surface area contributed by atoms with Crippen LogP contribution in [0.5, 0.6) is 5.75 Å². The van der Waals surface area contributed by atoms with E-state index in [0.717, 1.165) is 17.8 Å². The average Bonchev–Trinajstić information content (AvgIpc) is 3.00. The molecular formula is C18H26Cl3N3O2S. The van der Waals surface area contributed by atoms with Crippen molar-refractivity contribution < 1.29 is 9.53 Å². The number of aryl methyl sites for hydroxylation is 1. The zero-order chi connectivity index (χ0) is 18.4. The number of rotatable bonds is 8. The summed E-state index contributed by atoms with van der Waals surface area (Å²) in [5.74, 6) is 0.587. The number of benzene rings is 1. The highest BCUT2D eigenvalue weighted by Gasteiger charge is 2.28. The number of aromatic nitrogens is 1. The summed E-state index contributed by atoms with van der Waals surface area (Å²) in [6.45, 7) is 6.61. The maximum atomic E-state index is 12.6. The van der Waals surface area contributed by atoms with E-state index < -0.39 is 0 Å². The molecule has 1 heterocycles. The molecule has 2 rings (SSSR count). The summed E-state index contributed by atoms with van der Waals surface area (Å²) in [6.07, 6.45) is 1.58. The second-order valence-electron chi connectivity index (χ2n) is 5.91. The molecule has 0 atom stereocenters. The van der Waals surface area contributed by atoms with E-state index in [2.05, 4.69) is 10.3 Å². The van der Waals surface area contributed by atoms with E-state index in [1.807, 2.05) is 20.8 Å². The van der Waals surface area contributed by atoms with Gasteiger partial charge in [-0.2, -0.15) is 0 Å². The van der Waals surface area contributed by atoms with Crippen LogP contribution in [0.15, 0.2) is 24.3 Å². The number of thiazole rings is 1. The Labute approximate surface area is 181 Å². The summed E-state index contributed by atoms with van der Waals surface area (Å²) in [6, 6.07) is 7.14. The molecule has 152 valence electrons. The first-order valence-corrected chi connectivity index (χ1v) is 9.49. The minimum atomic E-state index is -0.368. The number of nitrogens with two attached hydrogens (primary N) is 1. The van der Waals surface area contributed by atoms with Crippen molar-refractivity contribution in [1.82, 2.24) is 10.3 Å². The van der Waals surface area contributed by atoms with E-state index in [0.29, 0.717) is 34.5 Å². The number of hydrogen-bond donors (Lipinski definition) is 2. The van der Waals surface area contributed by atoms with E-state index in [9.17, 15) is 4.79 Å². The van der Waals surface area contributed by atoms with Gasteiger partial charge in [0.25, 0.3) is 5.91 Å². The standard InChI is InChI=1S/C18H24ClN3O2S.2ClH/c1-4-18(5-2,11-20)22-17(23)16-12(3)21-15(25-16)10-24-14-8-6-13(19)7-9-14;;/h6-9H,4-5,10-11,20H2,1-3H3,(H,22,23);2*1H. The third kappa shape index (κ3) is 6.80. The van der Waals surface area contributed by atoms with Gasteiger partial charge in [-0.05, 0) is 44.0 Å². The van der Waals surface area contributed by atoms with Gasteiger partial charge >= 0.3 is 0 Å². The van der Waals surface area contributed by atoms with Crippen LogP contribution in [0, 0.1) is 6.92 Å². The smallest absolute Gasteiger partial charge is 0.263 e. The van der Waals surface area contributed by atoms with Crippen LogP contribution in [-0.2, 0) is 6.61 Å². The van der Waals surface area contributed by atoms with Crippen molar-refractivity contribution in [2.45, 2.75) is 45.8 Å². The van der Waals surface area contributed by atoms with E-state index in [1.54, 1.807) is 24.3 Å². The number of amides is 1. The Morgan fingerprint density at radius 2 is 1.85 bits per heavy atom. The molecule has 0 spiro atoms. The summed E-state index contributed by atoms with van der Waals surface area (Å²) in [5, 5.41) is 4.49. The lowest BCUT2D eigenvalue weighted by molar-refractivity contribution is 0.0898. The van der Waals surface area contributed by atoms with Crippen LogP contribution in [0.1, 0.15) is 47.1 Å². The number of hydrogen-bond acceptors (Lipinski definition) is 5. The lowest BCUT2D eigenvalue weighted by Gasteiger charge is -2.31. The molecule has 0 saturated carbocycles. The molecule has 0 aliphatic rings. The highest BCUT2D eigenvalue weighted by Crippen LogP contribution is 2.23. The fraction of sp³-hybridized carbons (Fsp3) is 0.444. The quantitative estimate of drug-likeness (QED) is 0.602. The SMILES string of the molecule is CCC(CC)(CN)NC(=O)c1sc(COc2ccc(Cl)cc2)nc1C.Cl.Cl. The molecule has 0 saturated heterocycles. The average molecular weight is 455 g/mol. The van der Waals surface area contributed by atoms with Crippen molar-refractivity contribution in [2.24, 2.45) is 5.73 Å². The van der Waals surface area contributed by atoms with E-state index in [-0.39, 0.29) is 36.3 Å². The van der Waals surface area contributed by atoms with Crippen molar-refractivity contribution in [1.29, 1.82) is 0 Å². The van der Waals surface area contributed by atoms with Crippen molar-refractivity contribution >= 4 is 53.7 Å². The Morgan fingerprint density at radius 3 is 2.37 bits per heavy atom. The van der Waals surface area contributed by atoms with Crippen LogP contribution >= 0.6 is 47.8 Å². The van der Waals surface area contributed by atoms with Crippen LogP contribution < -0.4 is 15.8 Å². The maximum Gasteiger partial charge on any atom is 0.263 e. The van der Waals surface area contributed by atoms with Gasteiger partial charge in [-0.15, -0.1) is 36.2 Å². The number of carbonyl (C=O) groups excluding carboxylic acids is 1. The lowest BCUT2D eigenvalue weighted by atomic mass is 9.93. The molecule has 1 amide bonds. The zero-order valence-electron chi connectivity index (χ0n) is 15.6. The second kappa shape index (κ2) is 11.7. The van der Waals surface area contributed by atoms with Crippen molar-refractivity contribution in [3.63, 3.8) is 0 Å². The van der Waals surface area contributed by atoms with E-state index in [1.165, 1.54) is 11.3 Å². The first-order valence-electron chi connectivity index (χ1n) is 8.30. The first-order chi connectivity index (χ1) is 11.9. The Bertz CT molecular complexity index is 711. The van der Waals surface area contributed by atoms with Crippen molar-refractivity contribution in [3.05, 3.63) is 44.9 Å². The predicted octanol–water partition coefficient (Wildman–Crippen LogP) is 4.77. The molecule has 2 aromatic rings. The molecule has 0 aliphatic heterocycles. The molecule has 27 heavy (non-hydrogen) atoms. The number of ether oxygens (including phenoxy) is 1. The second-order valence-corrected chi connectivity index (χ2v) is 7.43. The van der Waals surface area contributed by atoms with Crippen LogP contribution in [0.2, 0.25) is 5.02 Å². The largest absolute Gasteiger partial charge is 0.486 e. The summed E-state index contributed by atoms with van der Waals surface area (Å²) < 4.78 is 5.70. The van der Waals surface area contributed by atoms with Crippen molar-refractivity contribution in [2.75, 3.05) is 6.54 Å². The van der Waals surface area contributed by atoms with Gasteiger partial charge in [-0.1, -0.05) is 25.4 Å². The van der Waals surface area contributed by atoms with E-state index in [4.69, 9.17) is 22.1 Å². The highest BCUT2D eigenvalue weighted by atomic mass is 35.5. The van der Waals surface area contributed by atoms with Gasteiger partial charge < -0.3 is 15.8 Å². The number of nitrogens with zero attached hydrogens (tertiary/aromatic N) is 1. The predicted molar refractivity (Wildman–Crippen MR) is 117 cm³/mol. The third-order valence-electron chi connectivity index (χ3n) is 4.35. The van der Waals surface area contributed by atoms with Crippen LogP contribution in [-0.4, -0.2) is 23.0 Å². The zero-order valence-corrected chi connectivity index (χ0v) is 18.8. The Hall–Kier alpha value is -1.05. The van der Waals surface area contributed by atoms with Gasteiger partial charge in [-0.25, -0.2) is 4.98 Å². The molecule has 1 aromatic heterocycles. The van der Waals surface area contributed by atoms with Gasteiger partial charge in [0.05, 0.1) is 11.2 Å². The molecule has 0 bridgehead atoms. The Balaban J connectivity index is 0.00000338. The Kier molecular flexibility index (Phi) is 11.3. The molecule has 0 fully saturated rings. The number of nitrogens with one attached hydrogen (secondary N) is 1. The molecule has 5 nitrogen and oxygen atoms in total. The minimum absolute atomic E-state index is 0. The summed E-state index contributed by atoms with van der Waals surface area (Å²) in [4.78, 5) is 17.7. The molecular weight excluding hydrogens is 429 g/mol. The highest BCUT2D eigenvalue weighted by molar-refractivity contribution is 7.13. The third-order valence-corrected chi connectivity index (χ3v) is 5.73. The van der Waals surface area contributed by atoms with Gasteiger partial charge in [0.15, 0.2) is 0 Å². The minimum Gasteiger partial charge on any atom is -0.486 e. The topological polar surface area (TPSA) is 77.2 Å². The van der Waals surface area contributed by atoms with Crippen LogP contribution in [0.3, 0.4) is 0 Å². The van der Waals surface area contributed by atoms with E-state index >= 15 is 0 Å². The molecule has 1 aromatic carbocycles. The molecule has 3 N–H and O–H groups in total. The molecule has 9 heteroatoms. The van der Waals surface area contributed by atoms with Crippen LogP contribution in [0.25, 0.3) is 0 Å². The van der Waals surface area contributed by atoms with Crippen molar-refractivity contribution in [3.8, 4) is 5.75 Å². The fourth-order valence-electron chi connectivity index (χ4n) is 2.46. The van der Waals surface area contributed by atoms with Gasteiger partial charge in [0.1, 0.15) is 22.2 Å². The van der Waals surface area contributed by atoms with Gasteiger partial charge in [0.2, 0.25) is 0 Å². The summed E-state index contributed by atoms with van der Waals surface area (Å²) >= 11 is 7.20. The lowest BCUT2D eigenvalue weighted by Crippen LogP contribution is -2.52. The normalized spacial score (nSPS) is 10.6. The van der Waals surface area contributed by atoms with Gasteiger partial charge in [0, 0.05) is 11.6 Å². The number of carbonyl (C=O) groups is 1. The monoisotopic (exact) mass is 453 g/mol. The molecule has 0 unspecified atom stereocenters. The molecule has 0 aliphatic carbocycles. The number of halogens is 3. The first kappa shape index (κ1) is 26.0. The summed E-state index contributed by atoms with van der Waals surface area (Å²) in [7, 11) is 0. The maximum absolute atomic E-state index is 12.6. The van der Waals surface area contributed by atoms with Gasteiger partial charge in [-0.3, -0.25) is 4.79 Å². The molecule has 0 radical (unpaired) electrons. The Morgan fingerprint density at radius 1 is 1.26 bits per heavy atom. The fourth-order valence-corrected chi connectivity index (χ4v) is 3.46. The summed E-state index contributed by atoms with van der Waals surface area (Å²) in [5.41, 5.74) is 6.20. The van der Waals surface area contributed by atoms with Crippen LogP contribution in [0.4, 0.5) is 0 Å².